The lowest BCUT2D eigenvalue weighted by Crippen LogP contribution is -2.50. The summed E-state index contributed by atoms with van der Waals surface area (Å²) in [6.45, 7) is 1.37. The van der Waals surface area contributed by atoms with Crippen LogP contribution >= 0.6 is 0 Å². The summed E-state index contributed by atoms with van der Waals surface area (Å²) in [4.78, 5) is 30.2. The van der Waals surface area contributed by atoms with Crippen molar-refractivity contribution in [2.24, 2.45) is 0 Å². The molecule has 0 spiro atoms. The van der Waals surface area contributed by atoms with E-state index in [2.05, 4.69) is 20.0 Å². The fourth-order valence-electron chi connectivity index (χ4n) is 4.40. The summed E-state index contributed by atoms with van der Waals surface area (Å²) >= 11 is 0. The number of methoxy groups -OCH3 is 1. The molecule has 4 aromatic rings. The van der Waals surface area contributed by atoms with Crippen LogP contribution in [0.3, 0.4) is 0 Å². The summed E-state index contributed by atoms with van der Waals surface area (Å²) in [5.74, 6) is 1.43. The summed E-state index contributed by atoms with van der Waals surface area (Å²) < 4.78 is 8.72. The lowest BCUT2D eigenvalue weighted by molar-refractivity contribution is 0.191. The molecule has 0 bridgehead atoms. The fraction of sp³-hybridized carbons (Fsp3) is 0.286. The average molecular weight is 416 g/mol. The third kappa shape index (κ3) is 2.82. The summed E-state index contributed by atoms with van der Waals surface area (Å²) in [5.41, 5.74) is 2.47. The average Bonchev–Trinajstić information content (AvgIpc) is 3.22. The van der Waals surface area contributed by atoms with E-state index >= 15 is 0 Å². The third-order valence-electron chi connectivity index (χ3n) is 5.98. The second-order valence-electron chi connectivity index (χ2n) is 7.68. The van der Waals surface area contributed by atoms with Gasteiger partial charge < -0.3 is 14.5 Å². The van der Waals surface area contributed by atoms with Crippen LogP contribution in [-0.2, 0) is 0 Å². The Morgan fingerprint density at radius 2 is 2.06 bits per heavy atom. The van der Waals surface area contributed by atoms with Crippen LogP contribution in [0.1, 0.15) is 6.42 Å². The second kappa shape index (κ2) is 6.79. The summed E-state index contributed by atoms with van der Waals surface area (Å²) in [5, 5.41) is 4.44. The monoisotopic (exact) mass is 416 g/mol. The Hall–Kier alpha value is -3.95. The number of piperazine rings is 1. The summed E-state index contributed by atoms with van der Waals surface area (Å²) in [6.07, 6.45) is 11.2. The highest BCUT2D eigenvalue weighted by Crippen LogP contribution is 2.40. The van der Waals surface area contributed by atoms with Crippen LogP contribution in [0.2, 0.25) is 0 Å². The number of carbonyl (C=O) groups excluding carboxylic acids is 1. The minimum Gasteiger partial charge on any atom is -0.481 e. The van der Waals surface area contributed by atoms with Gasteiger partial charge in [0.05, 0.1) is 31.0 Å². The van der Waals surface area contributed by atoms with Gasteiger partial charge in [-0.05, 0) is 24.6 Å². The molecule has 1 amide bonds. The zero-order chi connectivity index (χ0) is 20.9. The van der Waals surface area contributed by atoms with Crippen molar-refractivity contribution in [1.82, 2.24) is 34.0 Å². The maximum absolute atomic E-state index is 12.7. The SMILES string of the molecule is COc1ncccc1-c1cnn2ccc(N3CCN(C(=O)n4ccnc4)C4CC43)nc12. The van der Waals surface area contributed by atoms with Crippen LogP contribution in [0.4, 0.5) is 10.6 Å². The van der Waals surface area contributed by atoms with Crippen molar-refractivity contribution in [3.8, 4) is 17.0 Å². The van der Waals surface area contributed by atoms with Gasteiger partial charge in [0.25, 0.3) is 0 Å². The van der Waals surface area contributed by atoms with Gasteiger partial charge in [0.2, 0.25) is 5.88 Å². The number of rotatable bonds is 3. The molecular weight excluding hydrogens is 396 g/mol. The highest BCUT2D eigenvalue weighted by atomic mass is 16.5. The van der Waals surface area contributed by atoms with Crippen molar-refractivity contribution in [3.63, 3.8) is 0 Å². The Morgan fingerprint density at radius 3 is 2.90 bits per heavy atom. The Labute approximate surface area is 177 Å². The van der Waals surface area contributed by atoms with Crippen molar-refractivity contribution in [3.05, 3.63) is 55.5 Å². The molecule has 0 radical (unpaired) electrons. The molecule has 2 atom stereocenters. The zero-order valence-corrected chi connectivity index (χ0v) is 16.9. The highest BCUT2D eigenvalue weighted by molar-refractivity contribution is 5.81. The molecule has 6 rings (SSSR count). The molecule has 2 fully saturated rings. The molecule has 1 saturated heterocycles. The van der Waals surface area contributed by atoms with E-state index in [1.54, 1.807) is 42.7 Å². The fourth-order valence-corrected chi connectivity index (χ4v) is 4.40. The predicted octanol–water partition coefficient (Wildman–Crippen LogP) is 1.93. The van der Waals surface area contributed by atoms with Crippen molar-refractivity contribution in [2.45, 2.75) is 18.5 Å². The van der Waals surface area contributed by atoms with Gasteiger partial charge in [0, 0.05) is 43.4 Å². The minimum atomic E-state index is -0.0187. The second-order valence-corrected chi connectivity index (χ2v) is 7.68. The number of anilines is 1. The number of hydrogen-bond donors (Lipinski definition) is 0. The molecule has 4 aromatic heterocycles. The molecule has 0 N–H and O–H groups in total. The zero-order valence-electron chi connectivity index (χ0n) is 16.9. The van der Waals surface area contributed by atoms with E-state index in [9.17, 15) is 4.79 Å². The quantitative estimate of drug-likeness (QED) is 0.504. The van der Waals surface area contributed by atoms with E-state index in [0.717, 1.165) is 35.6 Å². The van der Waals surface area contributed by atoms with Crippen molar-refractivity contribution >= 4 is 17.5 Å². The van der Waals surface area contributed by atoms with Crippen LogP contribution in [0.5, 0.6) is 5.88 Å². The maximum atomic E-state index is 12.7. The number of ether oxygens (including phenoxy) is 1. The van der Waals surface area contributed by atoms with Gasteiger partial charge in [-0.1, -0.05) is 0 Å². The molecule has 1 aliphatic heterocycles. The van der Waals surface area contributed by atoms with E-state index in [-0.39, 0.29) is 18.1 Å². The number of hydrogen-bond acceptors (Lipinski definition) is 7. The number of pyridine rings is 1. The molecule has 1 aliphatic carbocycles. The molecule has 31 heavy (non-hydrogen) atoms. The van der Waals surface area contributed by atoms with Crippen LogP contribution in [-0.4, -0.2) is 72.3 Å². The number of amides is 1. The largest absolute Gasteiger partial charge is 0.481 e. The molecular formula is C21H20N8O2. The maximum Gasteiger partial charge on any atom is 0.329 e. The number of nitrogens with zero attached hydrogens (tertiary/aromatic N) is 8. The van der Waals surface area contributed by atoms with Crippen LogP contribution in [0, 0.1) is 0 Å². The van der Waals surface area contributed by atoms with Crippen LogP contribution in [0.15, 0.2) is 55.5 Å². The lowest BCUT2D eigenvalue weighted by atomic mass is 10.1. The molecule has 1 saturated carbocycles. The van der Waals surface area contributed by atoms with E-state index in [4.69, 9.17) is 9.72 Å². The minimum absolute atomic E-state index is 0.0187. The number of aromatic nitrogens is 6. The summed E-state index contributed by atoms with van der Waals surface area (Å²) in [7, 11) is 1.61. The van der Waals surface area contributed by atoms with Gasteiger partial charge >= 0.3 is 6.03 Å². The molecule has 2 unspecified atom stereocenters. The number of carbonyl (C=O) groups is 1. The first-order valence-electron chi connectivity index (χ1n) is 10.1. The predicted molar refractivity (Wildman–Crippen MR) is 112 cm³/mol. The Morgan fingerprint density at radius 1 is 1.13 bits per heavy atom. The molecule has 10 heteroatoms. The van der Waals surface area contributed by atoms with E-state index in [0.29, 0.717) is 12.4 Å². The first-order chi connectivity index (χ1) is 15.2. The molecule has 156 valence electrons. The van der Waals surface area contributed by atoms with Crippen molar-refractivity contribution in [1.29, 1.82) is 0 Å². The lowest BCUT2D eigenvalue weighted by Gasteiger charge is -2.34. The molecule has 0 aromatic carbocycles. The van der Waals surface area contributed by atoms with Crippen LogP contribution < -0.4 is 9.64 Å². The molecule has 2 aliphatic rings. The normalized spacial score (nSPS) is 20.0. The smallest absolute Gasteiger partial charge is 0.329 e. The molecule has 5 heterocycles. The van der Waals surface area contributed by atoms with E-state index in [1.807, 2.05) is 29.3 Å². The van der Waals surface area contributed by atoms with Crippen molar-refractivity contribution in [2.75, 3.05) is 25.1 Å². The van der Waals surface area contributed by atoms with Gasteiger partial charge in [-0.3, -0.25) is 4.57 Å². The van der Waals surface area contributed by atoms with Gasteiger partial charge in [-0.15, -0.1) is 0 Å². The standard InChI is InChI=1S/C21H20N8O2/c1-31-20-14(3-2-5-23-20)15-12-24-29-7-4-18(25-19(15)29)27-9-10-28(17-11-16(17)27)21(30)26-8-6-22-13-26/h2-8,12-13,16-17H,9-11H2,1H3. The first-order valence-corrected chi connectivity index (χ1v) is 10.1. The topological polar surface area (TPSA) is 93.7 Å². The Balaban J connectivity index is 1.30. The van der Waals surface area contributed by atoms with Gasteiger partial charge in [-0.25, -0.2) is 24.3 Å². The first kappa shape index (κ1) is 17.9. The van der Waals surface area contributed by atoms with Crippen LogP contribution in [0.25, 0.3) is 16.8 Å². The summed E-state index contributed by atoms with van der Waals surface area (Å²) in [6, 6.07) is 6.26. The number of imidazole rings is 1. The number of fused-ring (bicyclic) bond motifs is 2. The van der Waals surface area contributed by atoms with Gasteiger partial charge in [-0.2, -0.15) is 5.10 Å². The van der Waals surface area contributed by atoms with E-state index in [1.165, 1.54) is 4.57 Å². The third-order valence-corrected chi connectivity index (χ3v) is 5.98. The van der Waals surface area contributed by atoms with Gasteiger partial charge in [0.15, 0.2) is 5.65 Å². The Kier molecular flexibility index (Phi) is 3.92. The highest BCUT2D eigenvalue weighted by Gasteiger charge is 2.51. The van der Waals surface area contributed by atoms with Gasteiger partial charge in [0.1, 0.15) is 12.1 Å². The molecule has 10 nitrogen and oxygen atoms in total. The van der Waals surface area contributed by atoms with Crippen molar-refractivity contribution < 1.29 is 9.53 Å². The van der Waals surface area contributed by atoms with E-state index < -0.39 is 0 Å². The Bertz CT molecular complexity index is 1270.